The van der Waals surface area contributed by atoms with Crippen molar-refractivity contribution in [2.75, 3.05) is 13.6 Å². The van der Waals surface area contributed by atoms with Crippen LogP contribution in [0.25, 0.3) is 0 Å². The molecule has 0 unspecified atom stereocenters. The molecule has 2 rings (SSSR count). The normalized spacial score (nSPS) is 11.2. The van der Waals surface area contributed by atoms with Crippen LogP contribution in [0.15, 0.2) is 59.5 Å². The van der Waals surface area contributed by atoms with E-state index in [0.29, 0.717) is 6.54 Å². The van der Waals surface area contributed by atoms with Gasteiger partial charge in [0.25, 0.3) is 0 Å². The summed E-state index contributed by atoms with van der Waals surface area (Å²) in [5.74, 6) is -0.103. The summed E-state index contributed by atoms with van der Waals surface area (Å²) in [7, 11) is -1.85. The standard InChI is InChI=1S/C18H22N2O3S/c1-15-8-6-7-9-16(15)14-20(2)18(21)12-13-19-24(22,23)17-10-4-3-5-11-17/h3-11,19H,12-14H2,1-2H3. The molecule has 0 atom stereocenters. The topological polar surface area (TPSA) is 66.5 Å². The molecule has 5 nitrogen and oxygen atoms in total. The zero-order valence-electron chi connectivity index (χ0n) is 13.9. The highest BCUT2D eigenvalue weighted by molar-refractivity contribution is 7.89. The maximum absolute atomic E-state index is 12.2. The van der Waals surface area contributed by atoms with Crippen LogP contribution >= 0.6 is 0 Å². The monoisotopic (exact) mass is 346 g/mol. The van der Waals surface area contributed by atoms with Crippen LogP contribution in [0, 0.1) is 6.92 Å². The zero-order valence-corrected chi connectivity index (χ0v) is 14.7. The zero-order chi connectivity index (χ0) is 17.6. The highest BCUT2D eigenvalue weighted by atomic mass is 32.2. The molecule has 0 saturated heterocycles. The minimum absolute atomic E-state index is 0.0776. The van der Waals surface area contributed by atoms with Gasteiger partial charge < -0.3 is 4.90 Å². The lowest BCUT2D eigenvalue weighted by atomic mass is 10.1. The highest BCUT2D eigenvalue weighted by Crippen LogP contribution is 2.10. The fourth-order valence-electron chi connectivity index (χ4n) is 2.30. The van der Waals surface area contributed by atoms with Crippen LogP contribution in [0.4, 0.5) is 0 Å². The van der Waals surface area contributed by atoms with Gasteiger partial charge in [-0.2, -0.15) is 0 Å². The van der Waals surface area contributed by atoms with E-state index in [1.807, 2.05) is 31.2 Å². The third-order valence-electron chi connectivity index (χ3n) is 3.78. The second-order valence-electron chi connectivity index (χ2n) is 5.64. The maximum atomic E-state index is 12.2. The molecule has 0 fully saturated rings. The molecule has 0 aliphatic heterocycles. The van der Waals surface area contributed by atoms with Gasteiger partial charge in [0.1, 0.15) is 0 Å². The highest BCUT2D eigenvalue weighted by Gasteiger charge is 2.15. The Morgan fingerprint density at radius 2 is 1.67 bits per heavy atom. The molecule has 0 spiro atoms. The van der Waals surface area contributed by atoms with Crippen LogP contribution < -0.4 is 4.72 Å². The SMILES string of the molecule is Cc1ccccc1CN(C)C(=O)CCNS(=O)(=O)c1ccccc1. The van der Waals surface area contributed by atoms with E-state index >= 15 is 0 Å². The maximum Gasteiger partial charge on any atom is 0.240 e. The number of nitrogens with zero attached hydrogens (tertiary/aromatic N) is 1. The van der Waals surface area contributed by atoms with Gasteiger partial charge in [-0.05, 0) is 30.2 Å². The molecule has 1 amide bonds. The number of rotatable bonds is 7. The van der Waals surface area contributed by atoms with Gasteiger partial charge in [0.15, 0.2) is 0 Å². The van der Waals surface area contributed by atoms with Crippen LogP contribution in [-0.4, -0.2) is 32.8 Å². The van der Waals surface area contributed by atoms with Gasteiger partial charge in [-0.15, -0.1) is 0 Å². The average Bonchev–Trinajstić information content (AvgIpc) is 2.57. The quantitative estimate of drug-likeness (QED) is 0.837. The first-order chi connectivity index (χ1) is 11.4. The molecule has 2 aromatic rings. The number of carbonyl (C=O) groups is 1. The molecule has 0 aliphatic carbocycles. The number of aryl methyl sites for hydroxylation is 1. The summed E-state index contributed by atoms with van der Waals surface area (Å²) < 4.78 is 26.6. The van der Waals surface area contributed by atoms with Gasteiger partial charge in [-0.3, -0.25) is 4.79 Å². The Morgan fingerprint density at radius 1 is 1.04 bits per heavy atom. The summed E-state index contributed by atoms with van der Waals surface area (Å²) in [4.78, 5) is 14.0. The smallest absolute Gasteiger partial charge is 0.240 e. The van der Waals surface area contributed by atoms with E-state index < -0.39 is 10.0 Å². The number of carbonyl (C=O) groups excluding carboxylic acids is 1. The van der Waals surface area contributed by atoms with Crippen molar-refractivity contribution in [3.63, 3.8) is 0 Å². The van der Waals surface area contributed by atoms with E-state index in [2.05, 4.69) is 4.72 Å². The lowest BCUT2D eigenvalue weighted by Crippen LogP contribution is -2.32. The number of nitrogens with one attached hydrogen (secondary N) is 1. The van der Waals surface area contributed by atoms with Gasteiger partial charge in [0, 0.05) is 26.6 Å². The Balaban J connectivity index is 1.86. The average molecular weight is 346 g/mol. The molecule has 0 aromatic heterocycles. The molecule has 2 aromatic carbocycles. The third-order valence-corrected chi connectivity index (χ3v) is 5.26. The van der Waals surface area contributed by atoms with E-state index in [0.717, 1.165) is 11.1 Å². The summed E-state index contributed by atoms with van der Waals surface area (Å²) in [5, 5.41) is 0. The van der Waals surface area contributed by atoms with Crippen molar-refractivity contribution in [2.24, 2.45) is 0 Å². The summed E-state index contributed by atoms with van der Waals surface area (Å²) >= 11 is 0. The van der Waals surface area contributed by atoms with Crippen molar-refractivity contribution in [1.29, 1.82) is 0 Å². The van der Waals surface area contributed by atoms with Crippen LogP contribution in [0.3, 0.4) is 0 Å². The van der Waals surface area contributed by atoms with Crippen molar-refractivity contribution < 1.29 is 13.2 Å². The first-order valence-corrected chi connectivity index (χ1v) is 9.21. The van der Waals surface area contributed by atoms with E-state index in [1.165, 1.54) is 12.1 Å². The van der Waals surface area contributed by atoms with Gasteiger partial charge >= 0.3 is 0 Å². The molecule has 0 saturated carbocycles. The van der Waals surface area contributed by atoms with E-state index in [1.54, 1.807) is 30.1 Å². The number of hydrogen-bond donors (Lipinski definition) is 1. The third kappa shape index (κ3) is 4.91. The van der Waals surface area contributed by atoms with Crippen molar-refractivity contribution >= 4 is 15.9 Å². The molecule has 0 aliphatic rings. The molecular formula is C18H22N2O3S. The Morgan fingerprint density at radius 3 is 2.33 bits per heavy atom. The van der Waals surface area contributed by atoms with Crippen LogP contribution in [0.5, 0.6) is 0 Å². The molecule has 128 valence electrons. The number of amides is 1. The number of hydrogen-bond acceptors (Lipinski definition) is 3. The Labute approximate surface area is 143 Å². The van der Waals surface area contributed by atoms with Gasteiger partial charge in [0.2, 0.25) is 15.9 Å². The molecule has 1 N–H and O–H groups in total. The lowest BCUT2D eigenvalue weighted by Gasteiger charge is -2.18. The second-order valence-corrected chi connectivity index (χ2v) is 7.40. The van der Waals surface area contributed by atoms with Crippen molar-refractivity contribution in [3.8, 4) is 0 Å². The first-order valence-electron chi connectivity index (χ1n) is 7.73. The summed E-state index contributed by atoms with van der Waals surface area (Å²) in [6.07, 6.45) is 0.119. The number of sulfonamides is 1. The van der Waals surface area contributed by atoms with E-state index in [-0.39, 0.29) is 23.8 Å². The fourth-order valence-corrected chi connectivity index (χ4v) is 3.35. The predicted molar refractivity (Wildman–Crippen MR) is 93.9 cm³/mol. The van der Waals surface area contributed by atoms with Crippen LogP contribution in [0.2, 0.25) is 0 Å². The summed E-state index contributed by atoms with van der Waals surface area (Å²) in [6, 6.07) is 16.0. The molecule has 0 heterocycles. The van der Waals surface area contributed by atoms with Crippen LogP contribution in [0.1, 0.15) is 17.5 Å². The van der Waals surface area contributed by atoms with Gasteiger partial charge in [-0.25, -0.2) is 13.1 Å². The summed E-state index contributed by atoms with van der Waals surface area (Å²) in [5.41, 5.74) is 2.21. The van der Waals surface area contributed by atoms with E-state index in [4.69, 9.17) is 0 Å². The minimum Gasteiger partial charge on any atom is -0.341 e. The van der Waals surface area contributed by atoms with Crippen molar-refractivity contribution in [1.82, 2.24) is 9.62 Å². The predicted octanol–water partition coefficient (Wildman–Crippen LogP) is 2.32. The second kappa shape index (κ2) is 8.08. The number of benzene rings is 2. The van der Waals surface area contributed by atoms with Gasteiger partial charge in [-0.1, -0.05) is 42.5 Å². The van der Waals surface area contributed by atoms with Crippen molar-refractivity contribution in [2.45, 2.75) is 24.8 Å². The molecule has 6 heteroatoms. The molecule has 24 heavy (non-hydrogen) atoms. The van der Waals surface area contributed by atoms with E-state index in [9.17, 15) is 13.2 Å². The molecule has 0 bridgehead atoms. The molecular weight excluding hydrogens is 324 g/mol. The minimum atomic E-state index is -3.57. The largest absolute Gasteiger partial charge is 0.341 e. The van der Waals surface area contributed by atoms with Crippen molar-refractivity contribution in [3.05, 3.63) is 65.7 Å². The Bertz CT molecular complexity index is 789. The molecule has 0 radical (unpaired) electrons. The Hall–Kier alpha value is -2.18. The summed E-state index contributed by atoms with van der Waals surface area (Å²) in [6.45, 7) is 2.59. The lowest BCUT2D eigenvalue weighted by molar-refractivity contribution is -0.130. The van der Waals surface area contributed by atoms with Crippen LogP contribution in [-0.2, 0) is 21.4 Å². The first kappa shape index (κ1) is 18.2. The fraction of sp³-hybridized carbons (Fsp3) is 0.278. The Kier molecular flexibility index (Phi) is 6.11. The van der Waals surface area contributed by atoms with Gasteiger partial charge in [0.05, 0.1) is 4.90 Å².